The van der Waals surface area contributed by atoms with Crippen molar-refractivity contribution in [3.8, 4) is 0 Å². The van der Waals surface area contributed by atoms with Crippen LogP contribution < -0.4 is 14.9 Å². The molecule has 36 heavy (non-hydrogen) atoms. The van der Waals surface area contributed by atoms with Gasteiger partial charge in [0.25, 0.3) is 5.56 Å². The Labute approximate surface area is 220 Å². The lowest BCUT2D eigenvalue weighted by atomic mass is 9.96. The number of hydrogen-bond donors (Lipinski definition) is 0. The molecule has 1 aliphatic heterocycles. The first-order chi connectivity index (χ1) is 17.5. The van der Waals surface area contributed by atoms with Crippen LogP contribution in [-0.4, -0.2) is 17.1 Å². The standard InChI is InChI=1S/C27H21ClN2O4S2/c1-3-33-26(32)23-16(2)29-27-30(24(23)19-11-7-8-12-20(19)28)25(31)21(36-27)15-17-13-14-22(34-17)35-18-9-5-4-6-10-18/h4-15,24H,3H2,1-2H3/b21-15+/t24-/m1/s1. The molecule has 5 rings (SSSR count). The minimum Gasteiger partial charge on any atom is -0.463 e. The molecule has 0 N–H and O–H groups in total. The lowest BCUT2D eigenvalue weighted by Gasteiger charge is -2.25. The van der Waals surface area contributed by atoms with Gasteiger partial charge in [-0.1, -0.05) is 71.1 Å². The number of halogens is 1. The van der Waals surface area contributed by atoms with Crippen molar-refractivity contribution in [3.05, 3.63) is 114 Å². The van der Waals surface area contributed by atoms with Crippen LogP contribution >= 0.6 is 34.7 Å². The first-order valence-electron chi connectivity index (χ1n) is 11.2. The van der Waals surface area contributed by atoms with Gasteiger partial charge in [0, 0.05) is 16.0 Å². The zero-order chi connectivity index (χ0) is 25.2. The van der Waals surface area contributed by atoms with Crippen LogP contribution in [-0.2, 0) is 9.53 Å². The van der Waals surface area contributed by atoms with Gasteiger partial charge in [0.2, 0.25) is 0 Å². The Hall–Kier alpha value is -3.33. The highest BCUT2D eigenvalue weighted by atomic mass is 35.5. The Morgan fingerprint density at radius 3 is 2.67 bits per heavy atom. The van der Waals surface area contributed by atoms with Crippen molar-refractivity contribution in [2.24, 2.45) is 4.99 Å². The summed E-state index contributed by atoms with van der Waals surface area (Å²) in [5.74, 6) is 0.0286. The molecule has 0 saturated carbocycles. The van der Waals surface area contributed by atoms with Crippen LogP contribution in [0.1, 0.15) is 31.2 Å². The Kier molecular flexibility index (Phi) is 7.00. The van der Waals surface area contributed by atoms with E-state index in [1.807, 2.05) is 54.6 Å². The predicted molar refractivity (Wildman–Crippen MR) is 141 cm³/mol. The maximum Gasteiger partial charge on any atom is 0.338 e. The highest BCUT2D eigenvalue weighted by molar-refractivity contribution is 7.99. The Morgan fingerprint density at radius 2 is 1.92 bits per heavy atom. The zero-order valence-electron chi connectivity index (χ0n) is 19.4. The summed E-state index contributed by atoms with van der Waals surface area (Å²) in [6.07, 6.45) is 1.70. The number of hydrogen-bond acceptors (Lipinski definition) is 7. The molecule has 0 fully saturated rings. The maximum atomic E-state index is 13.7. The van der Waals surface area contributed by atoms with Crippen LogP contribution in [0.15, 0.2) is 102 Å². The van der Waals surface area contributed by atoms with Crippen molar-refractivity contribution in [1.29, 1.82) is 0 Å². The minimum absolute atomic E-state index is 0.205. The Morgan fingerprint density at radius 1 is 1.17 bits per heavy atom. The molecule has 1 atom stereocenters. The third-order valence-electron chi connectivity index (χ3n) is 5.55. The molecule has 182 valence electrons. The van der Waals surface area contributed by atoms with Crippen LogP contribution in [0.4, 0.5) is 0 Å². The highest BCUT2D eigenvalue weighted by Gasteiger charge is 2.34. The SMILES string of the molecule is CCOC(=O)C1=C(C)N=c2s/c(=C/c3ccc(Sc4ccccc4)o3)c(=O)n2[C@@H]1c1ccccc1Cl. The number of esters is 1. The quantitative estimate of drug-likeness (QED) is 0.317. The van der Waals surface area contributed by atoms with Gasteiger partial charge in [-0.2, -0.15) is 0 Å². The number of aromatic nitrogens is 1. The van der Waals surface area contributed by atoms with Gasteiger partial charge in [0.1, 0.15) is 11.8 Å². The molecule has 0 spiro atoms. The average Bonchev–Trinajstić information content (AvgIpc) is 3.43. The number of carbonyl (C=O) groups is 1. The van der Waals surface area contributed by atoms with E-state index in [1.54, 1.807) is 32.1 Å². The third kappa shape index (κ3) is 4.72. The van der Waals surface area contributed by atoms with E-state index in [2.05, 4.69) is 4.99 Å². The summed E-state index contributed by atoms with van der Waals surface area (Å²) in [6, 6.07) is 20.0. The van der Waals surface area contributed by atoms with Crippen LogP contribution in [0.25, 0.3) is 6.08 Å². The topological polar surface area (TPSA) is 73.8 Å². The second-order valence-electron chi connectivity index (χ2n) is 7.90. The van der Waals surface area contributed by atoms with E-state index < -0.39 is 12.0 Å². The van der Waals surface area contributed by atoms with Crippen LogP contribution in [0, 0.1) is 0 Å². The van der Waals surface area contributed by atoms with Crippen LogP contribution in [0.5, 0.6) is 0 Å². The van der Waals surface area contributed by atoms with Crippen molar-refractivity contribution < 1.29 is 13.9 Å². The summed E-state index contributed by atoms with van der Waals surface area (Å²) >= 11 is 9.27. The minimum atomic E-state index is -0.753. The Bertz CT molecular complexity index is 1650. The molecule has 0 amide bonds. The van der Waals surface area contributed by atoms with Crippen LogP contribution in [0.3, 0.4) is 0 Å². The number of thiazole rings is 1. The van der Waals surface area contributed by atoms with E-state index in [-0.39, 0.29) is 12.2 Å². The number of furan rings is 1. The molecule has 0 aliphatic carbocycles. The lowest BCUT2D eigenvalue weighted by Crippen LogP contribution is -2.40. The molecule has 6 nitrogen and oxygen atoms in total. The number of ether oxygens (including phenoxy) is 1. The predicted octanol–water partition coefficient (Wildman–Crippen LogP) is 5.20. The summed E-state index contributed by atoms with van der Waals surface area (Å²) in [5.41, 5.74) is 1.13. The maximum absolute atomic E-state index is 13.7. The van der Waals surface area contributed by atoms with E-state index in [0.29, 0.717) is 37.0 Å². The number of rotatable bonds is 6. The van der Waals surface area contributed by atoms with Gasteiger partial charge in [0.15, 0.2) is 9.89 Å². The molecule has 9 heteroatoms. The zero-order valence-corrected chi connectivity index (χ0v) is 21.8. The lowest BCUT2D eigenvalue weighted by molar-refractivity contribution is -0.139. The number of nitrogens with zero attached hydrogens (tertiary/aromatic N) is 2. The number of carbonyl (C=O) groups excluding carboxylic acids is 1. The fourth-order valence-corrected chi connectivity index (χ4v) is 6.05. The second kappa shape index (κ2) is 10.3. The molecular weight excluding hydrogens is 516 g/mol. The molecule has 2 aromatic heterocycles. The molecule has 0 saturated heterocycles. The molecule has 3 heterocycles. The first kappa shape index (κ1) is 24.4. The normalized spacial score (nSPS) is 15.5. The van der Waals surface area contributed by atoms with E-state index in [0.717, 1.165) is 9.99 Å². The van der Waals surface area contributed by atoms with Crippen molar-refractivity contribution in [1.82, 2.24) is 4.57 Å². The van der Waals surface area contributed by atoms with Crippen molar-refractivity contribution in [2.75, 3.05) is 6.61 Å². The van der Waals surface area contributed by atoms with Crippen molar-refractivity contribution in [3.63, 3.8) is 0 Å². The van der Waals surface area contributed by atoms with Gasteiger partial charge >= 0.3 is 5.97 Å². The average molecular weight is 537 g/mol. The summed E-state index contributed by atoms with van der Waals surface area (Å²) in [7, 11) is 0. The number of allylic oxidation sites excluding steroid dienone is 1. The molecule has 0 bridgehead atoms. The third-order valence-corrected chi connectivity index (χ3v) is 7.81. The smallest absolute Gasteiger partial charge is 0.338 e. The van der Waals surface area contributed by atoms with Gasteiger partial charge < -0.3 is 9.15 Å². The van der Waals surface area contributed by atoms with Crippen molar-refractivity contribution in [2.45, 2.75) is 29.9 Å². The summed E-state index contributed by atoms with van der Waals surface area (Å²) < 4.78 is 13.2. The van der Waals surface area contributed by atoms with Crippen molar-refractivity contribution >= 4 is 46.7 Å². The molecule has 0 radical (unpaired) electrons. The fourth-order valence-electron chi connectivity index (χ4n) is 3.98. The number of fused-ring (bicyclic) bond motifs is 1. The molecular formula is C27H21ClN2O4S2. The Balaban J connectivity index is 1.60. The molecule has 4 aromatic rings. The summed E-state index contributed by atoms with van der Waals surface area (Å²) in [4.78, 5) is 32.7. The van der Waals surface area contributed by atoms with Gasteiger partial charge in [-0.25, -0.2) is 9.79 Å². The second-order valence-corrected chi connectivity index (χ2v) is 10.4. The monoisotopic (exact) mass is 536 g/mol. The van der Waals surface area contributed by atoms with E-state index in [9.17, 15) is 9.59 Å². The van der Waals surface area contributed by atoms with E-state index >= 15 is 0 Å². The molecule has 2 aromatic carbocycles. The number of benzene rings is 2. The van der Waals surface area contributed by atoms with E-state index in [4.69, 9.17) is 20.8 Å². The largest absolute Gasteiger partial charge is 0.463 e. The summed E-state index contributed by atoms with van der Waals surface area (Å²) in [5, 5.41) is 1.16. The van der Waals surface area contributed by atoms with Gasteiger partial charge in [-0.3, -0.25) is 9.36 Å². The summed E-state index contributed by atoms with van der Waals surface area (Å²) in [6.45, 7) is 3.69. The van der Waals surface area contributed by atoms with Gasteiger partial charge in [0.05, 0.1) is 22.4 Å². The van der Waals surface area contributed by atoms with Gasteiger partial charge in [-0.05, 0) is 49.7 Å². The first-order valence-corrected chi connectivity index (χ1v) is 13.2. The van der Waals surface area contributed by atoms with E-state index in [1.165, 1.54) is 27.7 Å². The molecule has 1 aliphatic rings. The highest BCUT2D eigenvalue weighted by Crippen LogP contribution is 2.34. The van der Waals surface area contributed by atoms with Crippen LogP contribution in [0.2, 0.25) is 5.02 Å². The fraction of sp³-hybridized carbons (Fsp3) is 0.148. The van der Waals surface area contributed by atoms with Gasteiger partial charge in [-0.15, -0.1) is 0 Å². The molecule has 0 unspecified atom stereocenters.